The van der Waals surface area contributed by atoms with Gasteiger partial charge in [-0.2, -0.15) is 0 Å². The highest BCUT2D eigenvalue weighted by atomic mass is 127. The Balaban J connectivity index is 0.00000441. The predicted octanol–water partition coefficient (Wildman–Crippen LogP) is 2.39. The van der Waals surface area contributed by atoms with E-state index in [1.165, 1.54) is 0 Å². The molecule has 1 rings (SSSR count). The van der Waals surface area contributed by atoms with Gasteiger partial charge in [0.25, 0.3) is 0 Å². The molecule has 128 valence electrons. The third kappa shape index (κ3) is 9.86. The van der Waals surface area contributed by atoms with E-state index in [4.69, 9.17) is 10.5 Å². The number of amides is 1. The van der Waals surface area contributed by atoms with Crippen molar-refractivity contribution in [3.05, 3.63) is 12.2 Å². The first kappa shape index (κ1) is 21.0. The number of nitrogens with one attached hydrogen (secondary N) is 2. The van der Waals surface area contributed by atoms with Crippen LogP contribution in [0.3, 0.4) is 0 Å². The second kappa shape index (κ2) is 9.22. The highest BCUT2D eigenvalue weighted by Crippen LogP contribution is 2.32. The van der Waals surface area contributed by atoms with Gasteiger partial charge in [0.1, 0.15) is 5.60 Å². The monoisotopic (exact) mass is 424 g/mol. The van der Waals surface area contributed by atoms with Crippen molar-refractivity contribution in [1.82, 2.24) is 10.6 Å². The molecule has 0 aromatic heterocycles. The Morgan fingerprint density at radius 3 is 2.50 bits per heavy atom. The van der Waals surface area contributed by atoms with Crippen LogP contribution in [0.1, 0.15) is 40.5 Å². The van der Waals surface area contributed by atoms with E-state index >= 15 is 0 Å². The molecule has 1 unspecified atom stereocenters. The van der Waals surface area contributed by atoms with Gasteiger partial charge in [-0.25, -0.2) is 4.79 Å². The summed E-state index contributed by atoms with van der Waals surface area (Å²) in [6, 6.07) is -0.0231. The van der Waals surface area contributed by atoms with Gasteiger partial charge in [0.15, 0.2) is 5.96 Å². The molecular weight excluding hydrogens is 395 g/mol. The number of halogens is 1. The summed E-state index contributed by atoms with van der Waals surface area (Å²) in [4.78, 5) is 16.1. The summed E-state index contributed by atoms with van der Waals surface area (Å²) in [5.41, 5.74) is 6.27. The average molecular weight is 424 g/mol. The first-order valence-electron chi connectivity index (χ1n) is 7.35. The SMILES string of the molecule is C=C(C)CNC(N)=NCC(NC(=O)OC(C)(C)C)C1CC1.I. The molecule has 4 N–H and O–H groups in total. The largest absolute Gasteiger partial charge is 0.444 e. The summed E-state index contributed by atoms with van der Waals surface area (Å²) in [7, 11) is 0. The Hall–Kier alpha value is -0.990. The third-order valence-corrected chi connectivity index (χ3v) is 2.92. The molecule has 1 aliphatic rings. The van der Waals surface area contributed by atoms with Gasteiger partial charge in [0.05, 0.1) is 12.6 Å². The Morgan fingerprint density at radius 1 is 1.45 bits per heavy atom. The number of ether oxygens (including phenoxy) is 1. The van der Waals surface area contributed by atoms with Gasteiger partial charge in [0.2, 0.25) is 0 Å². The van der Waals surface area contributed by atoms with Crippen LogP contribution in [-0.2, 0) is 4.74 Å². The highest BCUT2D eigenvalue weighted by molar-refractivity contribution is 14.0. The Kier molecular flexibility index (Phi) is 8.80. The van der Waals surface area contributed by atoms with E-state index in [1.54, 1.807) is 0 Å². The van der Waals surface area contributed by atoms with Gasteiger partial charge < -0.3 is 21.1 Å². The fourth-order valence-electron chi connectivity index (χ4n) is 1.76. The van der Waals surface area contributed by atoms with Crippen LogP contribution in [0.25, 0.3) is 0 Å². The Morgan fingerprint density at radius 2 is 2.05 bits per heavy atom. The number of carbonyl (C=O) groups is 1. The average Bonchev–Trinajstić information content (AvgIpc) is 3.13. The van der Waals surface area contributed by atoms with Crippen molar-refractivity contribution in [1.29, 1.82) is 0 Å². The summed E-state index contributed by atoms with van der Waals surface area (Å²) in [6.45, 7) is 12.3. The first-order chi connectivity index (χ1) is 9.67. The minimum Gasteiger partial charge on any atom is -0.444 e. The minimum absolute atomic E-state index is 0. The van der Waals surface area contributed by atoms with Crippen molar-refractivity contribution in [3.8, 4) is 0 Å². The Labute approximate surface area is 150 Å². The smallest absolute Gasteiger partial charge is 0.407 e. The lowest BCUT2D eigenvalue weighted by molar-refractivity contribution is 0.0500. The second-order valence-corrected chi connectivity index (χ2v) is 6.63. The van der Waals surface area contributed by atoms with Crippen LogP contribution >= 0.6 is 24.0 Å². The second-order valence-electron chi connectivity index (χ2n) is 6.63. The van der Waals surface area contributed by atoms with Crippen LogP contribution in [0, 0.1) is 5.92 Å². The van der Waals surface area contributed by atoms with E-state index in [1.807, 2.05) is 27.7 Å². The molecule has 0 heterocycles. The van der Waals surface area contributed by atoms with E-state index < -0.39 is 11.7 Å². The van der Waals surface area contributed by atoms with E-state index in [9.17, 15) is 4.79 Å². The van der Waals surface area contributed by atoms with Gasteiger partial charge in [0, 0.05) is 6.54 Å². The zero-order valence-electron chi connectivity index (χ0n) is 13.9. The van der Waals surface area contributed by atoms with Crippen molar-refractivity contribution in [3.63, 3.8) is 0 Å². The van der Waals surface area contributed by atoms with Gasteiger partial charge in [-0.05, 0) is 46.5 Å². The van der Waals surface area contributed by atoms with Crippen LogP contribution < -0.4 is 16.4 Å². The summed E-state index contributed by atoms with van der Waals surface area (Å²) >= 11 is 0. The molecule has 0 aromatic rings. The quantitative estimate of drug-likeness (QED) is 0.265. The third-order valence-electron chi connectivity index (χ3n) is 2.92. The molecule has 1 saturated carbocycles. The van der Waals surface area contributed by atoms with E-state index in [0.29, 0.717) is 25.0 Å². The maximum atomic E-state index is 11.8. The van der Waals surface area contributed by atoms with Gasteiger partial charge in [-0.3, -0.25) is 4.99 Å². The van der Waals surface area contributed by atoms with Crippen LogP contribution in [0.2, 0.25) is 0 Å². The molecule has 1 aliphatic carbocycles. The number of carbonyl (C=O) groups excluding carboxylic acids is 1. The maximum absolute atomic E-state index is 11.8. The number of aliphatic imine (C=N–C) groups is 1. The Bertz CT molecular complexity index is 414. The number of hydrogen-bond donors (Lipinski definition) is 3. The van der Waals surface area contributed by atoms with E-state index in [0.717, 1.165) is 18.4 Å². The van der Waals surface area contributed by atoms with Crippen molar-refractivity contribution in [2.24, 2.45) is 16.6 Å². The number of nitrogens with two attached hydrogens (primary N) is 1. The van der Waals surface area contributed by atoms with Gasteiger partial charge in [-0.1, -0.05) is 12.2 Å². The molecule has 1 amide bonds. The topological polar surface area (TPSA) is 88.7 Å². The van der Waals surface area contributed by atoms with Crippen LogP contribution in [0.4, 0.5) is 4.79 Å². The van der Waals surface area contributed by atoms with Crippen LogP contribution in [-0.4, -0.2) is 36.8 Å². The molecule has 0 bridgehead atoms. The van der Waals surface area contributed by atoms with Gasteiger partial charge in [-0.15, -0.1) is 24.0 Å². The number of rotatable bonds is 6. The van der Waals surface area contributed by atoms with E-state index in [-0.39, 0.29) is 30.0 Å². The summed E-state index contributed by atoms with van der Waals surface area (Å²) in [5, 5.41) is 5.86. The number of alkyl carbamates (subject to hydrolysis) is 1. The minimum atomic E-state index is -0.497. The van der Waals surface area contributed by atoms with Crippen molar-refractivity contribution in [2.45, 2.75) is 52.2 Å². The molecular formula is C15H29IN4O2. The summed E-state index contributed by atoms with van der Waals surface area (Å²) in [6.07, 6.45) is 1.81. The van der Waals surface area contributed by atoms with E-state index in [2.05, 4.69) is 22.2 Å². The number of nitrogens with zero attached hydrogens (tertiary/aromatic N) is 1. The lowest BCUT2D eigenvalue weighted by atomic mass is 10.2. The molecule has 0 spiro atoms. The van der Waals surface area contributed by atoms with Crippen molar-refractivity contribution < 1.29 is 9.53 Å². The molecule has 0 radical (unpaired) electrons. The molecule has 0 aromatic carbocycles. The van der Waals surface area contributed by atoms with Crippen molar-refractivity contribution in [2.75, 3.05) is 13.1 Å². The highest BCUT2D eigenvalue weighted by Gasteiger charge is 2.33. The molecule has 0 aliphatic heterocycles. The molecule has 1 atom stereocenters. The maximum Gasteiger partial charge on any atom is 0.407 e. The summed E-state index contributed by atoms with van der Waals surface area (Å²) in [5.74, 6) is 0.838. The fourth-order valence-corrected chi connectivity index (χ4v) is 1.76. The molecule has 7 heteroatoms. The van der Waals surface area contributed by atoms with Crippen LogP contribution in [0.5, 0.6) is 0 Å². The number of guanidine groups is 1. The molecule has 22 heavy (non-hydrogen) atoms. The fraction of sp³-hybridized carbons (Fsp3) is 0.733. The predicted molar refractivity (Wildman–Crippen MR) is 101 cm³/mol. The molecule has 0 saturated heterocycles. The lowest BCUT2D eigenvalue weighted by Gasteiger charge is -2.23. The van der Waals surface area contributed by atoms with Gasteiger partial charge >= 0.3 is 6.09 Å². The zero-order valence-corrected chi connectivity index (χ0v) is 16.3. The molecule has 6 nitrogen and oxygen atoms in total. The number of hydrogen-bond acceptors (Lipinski definition) is 3. The van der Waals surface area contributed by atoms with Crippen molar-refractivity contribution >= 4 is 36.0 Å². The standard InChI is InChI=1S/C15H28N4O2.HI/c1-10(2)8-17-13(16)18-9-12(11-6-7-11)19-14(20)21-15(3,4)5;/h11-12H,1,6-9H2,2-5H3,(H,19,20)(H3,16,17,18);1H. The summed E-state index contributed by atoms with van der Waals surface area (Å²) < 4.78 is 5.27. The molecule has 1 fully saturated rings. The first-order valence-corrected chi connectivity index (χ1v) is 7.35. The lowest BCUT2D eigenvalue weighted by Crippen LogP contribution is -2.43. The normalized spacial score (nSPS) is 16.3. The zero-order chi connectivity index (χ0) is 16.0. The van der Waals surface area contributed by atoms with Crippen LogP contribution in [0.15, 0.2) is 17.1 Å².